The molecule has 0 aliphatic carbocycles. The lowest BCUT2D eigenvalue weighted by Crippen LogP contribution is -2.31. The predicted molar refractivity (Wildman–Crippen MR) is 84.0 cm³/mol. The fourth-order valence-corrected chi connectivity index (χ4v) is 1.76. The first-order chi connectivity index (χ1) is 10.3. The third kappa shape index (κ3) is 3.78. The van der Waals surface area contributed by atoms with Crippen molar-refractivity contribution in [2.45, 2.75) is 32.8 Å². The van der Waals surface area contributed by atoms with Crippen molar-refractivity contribution in [2.75, 3.05) is 11.9 Å². The molecule has 118 valence electrons. The lowest BCUT2D eigenvalue weighted by molar-refractivity contribution is 0.251. The minimum absolute atomic E-state index is 0.0771. The summed E-state index contributed by atoms with van der Waals surface area (Å²) < 4.78 is 11.3. The number of hydrogen-bond donors (Lipinski definition) is 1. The van der Waals surface area contributed by atoms with Gasteiger partial charge in [0.15, 0.2) is 6.61 Å². The van der Waals surface area contributed by atoms with Gasteiger partial charge in [-0.3, -0.25) is 4.90 Å². The number of rotatable bonds is 4. The Hall–Kier alpha value is -2.50. The Morgan fingerprint density at radius 2 is 1.95 bits per heavy atom. The highest BCUT2D eigenvalue weighted by molar-refractivity contribution is 5.90. The van der Waals surface area contributed by atoms with Crippen LogP contribution in [0.3, 0.4) is 0 Å². The number of hydrogen-bond acceptors (Lipinski definition) is 4. The molecule has 0 bridgehead atoms. The monoisotopic (exact) mass is 303 g/mol. The van der Waals surface area contributed by atoms with Crippen LogP contribution in [0.1, 0.15) is 32.4 Å². The van der Waals surface area contributed by atoms with Gasteiger partial charge in [-0.1, -0.05) is 20.8 Å². The molecular formula is C16H21N3O3. The minimum Gasteiger partial charge on any atom is -0.484 e. The maximum atomic E-state index is 11.1. The summed E-state index contributed by atoms with van der Waals surface area (Å²) in [4.78, 5) is 16.6. The van der Waals surface area contributed by atoms with Crippen LogP contribution in [0.5, 0.6) is 5.75 Å². The number of aromatic nitrogens is 1. The van der Waals surface area contributed by atoms with Gasteiger partial charge < -0.3 is 14.9 Å². The van der Waals surface area contributed by atoms with Crippen LogP contribution in [0.2, 0.25) is 0 Å². The van der Waals surface area contributed by atoms with Gasteiger partial charge in [0.05, 0.1) is 6.20 Å². The molecule has 0 fully saturated rings. The first-order valence-electron chi connectivity index (χ1n) is 6.98. The molecule has 2 rings (SSSR count). The summed E-state index contributed by atoms with van der Waals surface area (Å²) in [5.41, 5.74) is 5.84. The van der Waals surface area contributed by atoms with E-state index in [1.54, 1.807) is 37.5 Å². The van der Waals surface area contributed by atoms with E-state index in [1.807, 2.05) is 0 Å². The van der Waals surface area contributed by atoms with Crippen molar-refractivity contribution in [3.05, 3.63) is 42.1 Å². The Bertz CT molecular complexity index is 641. The lowest BCUT2D eigenvalue weighted by atomic mass is 9.94. The highest BCUT2D eigenvalue weighted by Gasteiger charge is 2.19. The normalized spacial score (nSPS) is 11.3. The van der Waals surface area contributed by atoms with E-state index in [9.17, 15) is 4.79 Å². The van der Waals surface area contributed by atoms with Gasteiger partial charge in [-0.15, -0.1) is 0 Å². The molecule has 0 unspecified atom stereocenters. The smallest absolute Gasteiger partial charge is 0.318 e. The highest BCUT2D eigenvalue weighted by Crippen LogP contribution is 2.24. The largest absolute Gasteiger partial charge is 0.484 e. The third-order valence-corrected chi connectivity index (χ3v) is 3.21. The summed E-state index contributed by atoms with van der Waals surface area (Å²) in [6.07, 6.45) is 1.73. The number of oxazole rings is 1. The number of anilines is 1. The number of urea groups is 1. The molecule has 1 heterocycles. The number of primary amides is 1. The molecule has 0 aliphatic rings. The minimum atomic E-state index is -0.511. The van der Waals surface area contributed by atoms with Gasteiger partial charge in [-0.2, -0.15) is 0 Å². The molecular weight excluding hydrogens is 282 g/mol. The SMILES string of the molecule is CN(C(N)=O)c1ccc(OCc2ncc(C(C)(C)C)o2)cc1. The molecule has 1 aromatic carbocycles. The molecule has 22 heavy (non-hydrogen) atoms. The molecule has 2 N–H and O–H groups in total. The Kier molecular flexibility index (Phi) is 4.40. The molecule has 0 spiro atoms. The maximum Gasteiger partial charge on any atom is 0.318 e. The van der Waals surface area contributed by atoms with Crippen LogP contribution < -0.4 is 15.4 Å². The van der Waals surface area contributed by atoms with Crippen molar-refractivity contribution in [1.82, 2.24) is 4.98 Å². The fraction of sp³-hybridized carbons (Fsp3) is 0.375. The van der Waals surface area contributed by atoms with E-state index >= 15 is 0 Å². The van der Waals surface area contributed by atoms with Gasteiger partial charge in [0.1, 0.15) is 11.5 Å². The van der Waals surface area contributed by atoms with Crippen LogP contribution >= 0.6 is 0 Å². The van der Waals surface area contributed by atoms with Crippen LogP contribution in [0.25, 0.3) is 0 Å². The molecule has 0 atom stereocenters. The fourth-order valence-electron chi connectivity index (χ4n) is 1.76. The zero-order valence-corrected chi connectivity index (χ0v) is 13.3. The van der Waals surface area contributed by atoms with Gasteiger partial charge in [-0.25, -0.2) is 9.78 Å². The number of nitrogens with zero attached hydrogens (tertiary/aromatic N) is 2. The van der Waals surface area contributed by atoms with E-state index in [-0.39, 0.29) is 12.0 Å². The van der Waals surface area contributed by atoms with E-state index in [1.165, 1.54) is 4.90 Å². The first-order valence-corrected chi connectivity index (χ1v) is 6.98. The summed E-state index contributed by atoms with van der Waals surface area (Å²) in [7, 11) is 1.61. The van der Waals surface area contributed by atoms with Crippen LogP contribution in [0.15, 0.2) is 34.9 Å². The van der Waals surface area contributed by atoms with E-state index < -0.39 is 6.03 Å². The zero-order chi connectivity index (χ0) is 16.3. The Labute approximate surface area is 129 Å². The van der Waals surface area contributed by atoms with Gasteiger partial charge in [0, 0.05) is 18.2 Å². The summed E-state index contributed by atoms with van der Waals surface area (Å²) in [6.45, 7) is 6.44. The molecule has 0 radical (unpaired) electrons. The van der Waals surface area contributed by atoms with Crippen molar-refractivity contribution >= 4 is 11.7 Å². The molecule has 6 nitrogen and oxygen atoms in total. The molecule has 0 saturated heterocycles. The number of carbonyl (C=O) groups is 1. The first kappa shape index (κ1) is 15.9. The summed E-state index contributed by atoms with van der Waals surface area (Å²) >= 11 is 0. The van der Waals surface area contributed by atoms with Crippen molar-refractivity contribution < 1.29 is 13.9 Å². The number of carbonyl (C=O) groups excluding carboxylic acids is 1. The number of benzene rings is 1. The second-order valence-corrected chi connectivity index (χ2v) is 6.05. The molecule has 6 heteroatoms. The molecule has 1 aromatic heterocycles. The quantitative estimate of drug-likeness (QED) is 0.941. The topological polar surface area (TPSA) is 81.6 Å². The zero-order valence-electron chi connectivity index (χ0n) is 13.3. The molecule has 2 aromatic rings. The van der Waals surface area contributed by atoms with Crippen LogP contribution in [0, 0.1) is 0 Å². The molecule has 2 amide bonds. The average Bonchev–Trinajstić information content (AvgIpc) is 2.94. The number of amides is 2. The van der Waals surface area contributed by atoms with E-state index in [2.05, 4.69) is 25.8 Å². The second kappa shape index (κ2) is 6.09. The van der Waals surface area contributed by atoms with Crippen molar-refractivity contribution in [3.63, 3.8) is 0 Å². The second-order valence-electron chi connectivity index (χ2n) is 6.05. The standard InChI is InChI=1S/C16H21N3O3/c1-16(2,3)13-9-18-14(22-13)10-21-12-7-5-11(6-8-12)19(4)15(17)20/h5-9H,10H2,1-4H3,(H2,17,20). The lowest BCUT2D eigenvalue weighted by Gasteiger charge is -2.14. The third-order valence-electron chi connectivity index (χ3n) is 3.21. The van der Waals surface area contributed by atoms with Crippen LogP contribution in [-0.4, -0.2) is 18.1 Å². The summed E-state index contributed by atoms with van der Waals surface area (Å²) in [6, 6.07) is 6.54. The van der Waals surface area contributed by atoms with Gasteiger partial charge in [0.25, 0.3) is 0 Å². The van der Waals surface area contributed by atoms with Gasteiger partial charge >= 0.3 is 6.03 Å². The summed E-state index contributed by atoms with van der Waals surface area (Å²) in [5, 5.41) is 0. The van der Waals surface area contributed by atoms with Crippen LogP contribution in [0.4, 0.5) is 10.5 Å². The highest BCUT2D eigenvalue weighted by atomic mass is 16.5. The Morgan fingerprint density at radius 3 is 2.45 bits per heavy atom. The molecule has 0 aliphatic heterocycles. The number of nitrogens with two attached hydrogens (primary N) is 1. The maximum absolute atomic E-state index is 11.1. The van der Waals surface area contributed by atoms with E-state index in [0.717, 1.165) is 5.76 Å². The van der Waals surface area contributed by atoms with Crippen molar-refractivity contribution in [3.8, 4) is 5.75 Å². The number of ether oxygens (including phenoxy) is 1. The van der Waals surface area contributed by atoms with Crippen molar-refractivity contribution in [1.29, 1.82) is 0 Å². The molecule has 0 saturated carbocycles. The predicted octanol–water partition coefficient (Wildman–Crippen LogP) is 3.07. The van der Waals surface area contributed by atoms with Crippen LogP contribution in [-0.2, 0) is 12.0 Å². The Morgan fingerprint density at radius 1 is 1.32 bits per heavy atom. The summed E-state index contributed by atoms with van der Waals surface area (Å²) in [5.74, 6) is 2.02. The average molecular weight is 303 g/mol. The Balaban J connectivity index is 1.97. The van der Waals surface area contributed by atoms with Crippen molar-refractivity contribution in [2.24, 2.45) is 5.73 Å². The van der Waals surface area contributed by atoms with E-state index in [4.69, 9.17) is 14.9 Å². The van der Waals surface area contributed by atoms with Gasteiger partial charge in [0.2, 0.25) is 5.89 Å². The van der Waals surface area contributed by atoms with E-state index in [0.29, 0.717) is 17.3 Å². The van der Waals surface area contributed by atoms with Gasteiger partial charge in [-0.05, 0) is 24.3 Å².